The number of rotatable bonds is 10. The summed E-state index contributed by atoms with van der Waals surface area (Å²) in [6.45, 7) is 3.55. The van der Waals surface area contributed by atoms with Crippen LogP contribution in [0.4, 0.5) is 0 Å². The van der Waals surface area contributed by atoms with Gasteiger partial charge < -0.3 is 14.3 Å². The van der Waals surface area contributed by atoms with E-state index in [9.17, 15) is 9.59 Å². The van der Waals surface area contributed by atoms with Crippen LogP contribution in [0.15, 0.2) is 48.5 Å². The molecule has 0 heterocycles. The van der Waals surface area contributed by atoms with Crippen molar-refractivity contribution in [2.45, 2.75) is 45.4 Å². The Balaban J connectivity index is 1.83. The maximum Gasteiger partial charge on any atom is 0.343 e. The van der Waals surface area contributed by atoms with Gasteiger partial charge in [-0.3, -0.25) is 0 Å². The Morgan fingerprint density at radius 1 is 0.880 bits per heavy atom. The van der Waals surface area contributed by atoms with Gasteiger partial charge in [-0.05, 0) is 36.3 Å². The lowest BCUT2D eigenvalue weighted by molar-refractivity contribution is 0.0734. The molecule has 0 saturated carbocycles. The Bertz CT molecular complexity index is 659. The second-order valence-electron chi connectivity index (χ2n) is 5.91. The number of carbonyl (C=O) groups is 1. The second-order valence-corrected chi connectivity index (χ2v) is 5.91. The molecule has 0 aliphatic heterocycles. The molecule has 0 aliphatic carbocycles. The van der Waals surface area contributed by atoms with Gasteiger partial charge in [-0.25, -0.2) is 4.79 Å². The van der Waals surface area contributed by atoms with E-state index in [1.54, 1.807) is 12.1 Å². The molecule has 2 aromatic carbocycles. The summed E-state index contributed by atoms with van der Waals surface area (Å²) in [6.07, 6.45) is 7.34. The van der Waals surface area contributed by atoms with Crippen LogP contribution in [0.25, 0.3) is 0 Å². The van der Waals surface area contributed by atoms with Gasteiger partial charge in [0.15, 0.2) is 6.47 Å². The largest absolute Gasteiger partial charge is 0.610 e. The van der Waals surface area contributed by atoms with Gasteiger partial charge in [0.05, 0.1) is 5.56 Å². The third-order valence-corrected chi connectivity index (χ3v) is 3.95. The highest BCUT2D eigenvalue weighted by molar-refractivity contribution is 5.91. The molecule has 0 amide bonds. The van der Waals surface area contributed by atoms with E-state index >= 15 is 0 Å². The lowest BCUT2D eigenvalue weighted by atomic mass is 10.1. The summed E-state index contributed by atoms with van der Waals surface area (Å²) in [6, 6.07) is 13.8. The first-order valence-corrected chi connectivity index (χ1v) is 8.68. The van der Waals surface area contributed by atoms with Crippen molar-refractivity contribution in [1.29, 1.82) is 0 Å². The number of hydrogen-bond acceptors (Lipinski definition) is 4. The Morgan fingerprint density at radius 2 is 1.52 bits per heavy atom. The molecule has 0 radical (unpaired) electrons. The van der Waals surface area contributed by atoms with Crippen molar-refractivity contribution in [3.8, 4) is 11.5 Å². The van der Waals surface area contributed by atoms with Crippen LogP contribution in [0.5, 0.6) is 11.5 Å². The van der Waals surface area contributed by atoms with Crippen LogP contribution in [0.3, 0.4) is 0 Å². The molecule has 0 aromatic heterocycles. The van der Waals surface area contributed by atoms with E-state index in [1.165, 1.54) is 56.3 Å². The average Bonchev–Trinajstić information content (AvgIpc) is 2.64. The number of hydrogen-bond donors (Lipinski definition) is 0. The van der Waals surface area contributed by atoms with Crippen LogP contribution in [-0.2, 0) is 11.2 Å². The molecule has 4 heteroatoms. The number of esters is 1. The molecule has 0 bridgehead atoms. The standard InChI is InChI=1S/C21H23O4/c1-2-3-4-5-6-7-17-8-12-20(13-9-17)25-21(23)18-10-14-19(15-11-18)24-16-22/h8-15H,2-7H2,1H3/q-1. The summed E-state index contributed by atoms with van der Waals surface area (Å²) in [4.78, 5) is 22.2. The van der Waals surface area contributed by atoms with E-state index in [4.69, 9.17) is 4.74 Å². The van der Waals surface area contributed by atoms with Crippen LogP contribution in [0.1, 0.15) is 54.9 Å². The fourth-order valence-electron chi connectivity index (χ4n) is 2.53. The summed E-state index contributed by atoms with van der Waals surface area (Å²) < 4.78 is 9.92. The Morgan fingerprint density at radius 3 is 2.16 bits per heavy atom. The van der Waals surface area contributed by atoms with E-state index in [0.717, 1.165) is 6.42 Å². The monoisotopic (exact) mass is 339 g/mol. The van der Waals surface area contributed by atoms with E-state index in [-0.39, 0.29) is 0 Å². The average molecular weight is 339 g/mol. The first kappa shape index (κ1) is 18.7. The minimum atomic E-state index is -0.450. The Labute approximate surface area is 148 Å². The van der Waals surface area contributed by atoms with Crippen molar-refractivity contribution in [1.82, 2.24) is 0 Å². The highest BCUT2D eigenvalue weighted by atomic mass is 16.5. The zero-order valence-electron chi connectivity index (χ0n) is 14.5. The number of benzene rings is 2. The van der Waals surface area contributed by atoms with E-state index in [2.05, 4.69) is 11.7 Å². The van der Waals surface area contributed by atoms with Crippen LogP contribution in [0, 0.1) is 0 Å². The van der Waals surface area contributed by atoms with Crippen molar-refractivity contribution >= 4 is 12.4 Å². The van der Waals surface area contributed by atoms with Crippen molar-refractivity contribution in [3.05, 3.63) is 59.7 Å². The predicted molar refractivity (Wildman–Crippen MR) is 96.6 cm³/mol. The van der Waals surface area contributed by atoms with Gasteiger partial charge >= 0.3 is 5.97 Å². The minimum Gasteiger partial charge on any atom is -0.610 e. The second kappa shape index (κ2) is 10.3. The van der Waals surface area contributed by atoms with Gasteiger partial charge in [-0.2, -0.15) is 0 Å². The van der Waals surface area contributed by atoms with Crippen LogP contribution in [-0.4, -0.2) is 12.4 Å². The van der Waals surface area contributed by atoms with Crippen LogP contribution < -0.4 is 9.47 Å². The van der Waals surface area contributed by atoms with Crippen molar-refractivity contribution in [3.63, 3.8) is 0 Å². The maximum absolute atomic E-state index is 12.1. The van der Waals surface area contributed by atoms with Gasteiger partial charge in [0.25, 0.3) is 0 Å². The molecule has 25 heavy (non-hydrogen) atoms. The number of unbranched alkanes of at least 4 members (excludes halogenated alkanes) is 4. The zero-order chi connectivity index (χ0) is 17.9. The van der Waals surface area contributed by atoms with E-state index in [1.807, 2.05) is 24.3 Å². The Hall–Kier alpha value is -2.62. The van der Waals surface area contributed by atoms with E-state index < -0.39 is 5.97 Å². The molecule has 0 spiro atoms. The maximum atomic E-state index is 12.1. The van der Waals surface area contributed by atoms with Crippen LogP contribution in [0.2, 0.25) is 0 Å². The fourth-order valence-corrected chi connectivity index (χ4v) is 2.53. The van der Waals surface area contributed by atoms with Gasteiger partial charge in [-0.1, -0.05) is 56.9 Å². The molecular weight excluding hydrogens is 316 g/mol. The third-order valence-electron chi connectivity index (χ3n) is 3.95. The highest BCUT2D eigenvalue weighted by Crippen LogP contribution is 2.17. The van der Waals surface area contributed by atoms with Crippen LogP contribution >= 0.6 is 0 Å². The molecule has 4 nitrogen and oxygen atoms in total. The normalized spacial score (nSPS) is 10.3. The molecule has 2 aromatic rings. The topological polar surface area (TPSA) is 52.6 Å². The summed E-state index contributed by atoms with van der Waals surface area (Å²) >= 11 is 0. The zero-order valence-corrected chi connectivity index (χ0v) is 14.5. The quantitative estimate of drug-likeness (QED) is 0.268. The molecule has 2 rings (SSSR count). The Kier molecular flexibility index (Phi) is 7.70. The molecule has 0 saturated heterocycles. The lowest BCUT2D eigenvalue weighted by Crippen LogP contribution is -2.08. The molecule has 0 aliphatic rings. The molecule has 132 valence electrons. The fraction of sp³-hybridized carbons (Fsp3) is 0.333. The smallest absolute Gasteiger partial charge is 0.343 e. The van der Waals surface area contributed by atoms with Crippen molar-refractivity contribution < 1.29 is 19.1 Å². The number of ether oxygens (including phenoxy) is 2. The molecular formula is C21H23O4-. The third kappa shape index (κ3) is 6.42. The van der Waals surface area contributed by atoms with E-state index in [0.29, 0.717) is 17.1 Å². The molecule has 0 fully saturated rings. The minimum absolute atomic E-state index is 0.329. The van der Waals surface area contributed by atoms with Gasteiger partial charge in [0.1, 0.15) is 5.75 Å². The number of carbonyl (C=O) groups excluding carboxylic acids is 2. The summed E-state index contributed by atoms with van der Waals surface area (Å²) in [5.41, 5.74) is 1.64. The summed E-state index contributed by atoms with van der Waals surface area (Å²) in [5, 5.41) is 0. The molecule has 0 unspecified atom stereocenters. The van der Waals surface area contributed by atoms with Crippen molar-refractivity contribution in [2.75, 3.05) is 0 Å². The SMILES string of the molecule is CCCCCCCc1ccc(OC(=O)c2ccc(O[C-]=O)cc2)cc1. The molecule has 0 N–H and O–H groups in total. The predicted octanol–water partition coefficient (Wildman–Crippen LogP) is 4.86. The van der Waals surface area contributed by atoms with Gasteiger partial charge in [-0.15, -0.1) is 12.1 Å². The van der Waals surface area contributed by atoms with Crippen molar-refractivity contribution in [2.24, 2.45) is 0 Å². The summed E-state index contributed by atoms with van der Waals surface area (Å²) in [7, 11) is 0. The van der Waals surface area contributed by atoms with Gasteiger partial charge in [0.2, 0.25) is 0 Å². The first-order chi connectivity index (χ1) is 12.2. The lowest BCUT2D eigenvalue weighted by Gasteiger charge is -2.10. The molecule has 0 atom stereocenters. The summed E-state index contributed by atoms with van der Waals surface area (Å²) in [5.74, 6) is 0.394. The number of aryl methyl sites for hydroxylation is 1. The highest BCUT2D eigenvalue weighted by Gasteiger charge is 2.07. The first-order valence-electron chi connectivity index (χ1n) is 8.68. The van der Waals surface area contributed by atoms with Gasteiger partial charge in [0, 0.05) is 0 Å².